The summed E-state index contributed by atoms with van der Waals surface area (Å²) in [7, 11) is 0. The molecule has 156 valence electrons. The molecule has 2 unspecified atom stereocenters. The van der Waals surface area contributed by atoms with Gasteiger partial charge in [-0.05, 0) is 25.1 Å². The van der Waals surface area contributed by atoms with Gasteiger partial charge in [-0.3, -0.25) is 14.2 Å². The van der Waals surface area contributed by atoms with Gasteiger partial charge in [-0.2, -0.15) is 0 Å². The number of fused-ring (bicyclic) bond motifs is 1. The molecule has 2 N–H and O–H groups in total. The molecule has 1 aromatic heterocycles. The predicted molar refractivity (Wildman–Crippen MR) is 111 cm³/mol. The van der Waals surface area contributed by atoms with Gasteiger partial charge in [0, 0.05) is 35.9 Å². The fourth-order valence-corrected chi connectivity index (χ4v) is 4.33. The zero-order valence-electron chi connectivity index (χ0n) is 16.8. The molecule has 30 heavy (non-hydrogen) atoms. The standard InChI is InChI=1S/C23H23F2N3O2/c1-2-27-11-5-6-16(27)13-26-22(29)19-14-28(21-10-9-15(24)12-20(21)25)23(30)18-8-4-3-7-17(18)19/h3-4,7-10,12,14,16H,2,5-6,11,13H2,1H3,(H,26,29)/p+1. The van der Waals surface area contributed by atoms with Gasteiger partial charge in [0.25, 0.3) is 11.5 Å². The lowest BCUT2D eigenvalue weighted by molar-refractivity contribution is -0.909. The number of hydrogen-bond acceptors (Lipinski definition) is 2. The number of carbonyl (C=O) groups is 1. The normalized spacial score (nSPS) is 18.6. The van der Waals surface area contributed by atoms with E-state index in [2.05, 4.69) is 12.2 Å². The lowest BCUT2D eigenvalue weighted by Crippen LogP contribution is -3.14. The van der Waals surface area contributed by atoms with Crippen molar-refractivity contribution >= 4 is 16.7 Å². The zero-order chi connectivity index (χ0) is 21.3. The molecule has 2 aromatic carbocycles. The lowest BCUT2D eigenvalue weighted by atomic mass is 10.1. The van der Waals surface area contributed by atoms with Crippen LogP contribution in [-0.4, -0.2) is 36.2 Å². The second kappa shape index (κ2) is 8.36. The molecule has 1 saturated heterocycles. The molecule has 5 nitrogen and oxygen atoms in total. The van der Waals surface area contributed by atoms with Crippen molar-refractivity contribution in [2.45, 2.75) is 25.8 Å². The molecule has 7 heteroatoms. The molecule has 2 heterocycles. The molecule has 0 bridgehead atoms. The fraction of sp³-hybridized carbons (Fsp3) is 0.304. The molecule has 0 aliphatic carbocycles. The minimum atomic E-state index is -0.869. The molecule has 0 saturated carbocycles. The van der Waals surface area contributed by atoms with Crippen LogP contribution in [0.15, 0.2) is 53.5 Å². The number of halogens is 2. The molecular formula is C23H24F2N3O2+. The van der Waals surface area contributed by atoms with Crippen LogP contribution in [0.1, 0.15) is 30.1 Å². The van der Waals surface area contributed by atoms with Gasteiger partial charge in [0.2, 0.25) is 0 Å². The molecule has 3 aromatic rings. The van der Waals surface area contributed by atoms with Gasteiger partial charge in [0.1, 0.15) is 17.7 Å². The van der Waals surface area contributed by atoms with E-state index in [1.54, 1.807) is 24.3 Å². The number of pyridine rings is 1. The Morgan fingerprint density at radius 2 is 1.97 bits per heavy atom. The average Bonchev–Trinajstić information content (AvgIpc) is 3.21. The van der Waals surface area contributed by atoms with Gasteiger partial charge in [0.05, 0.1) is 30.9 Å². The third-order valence-electron chi connectivity index (χ3n) is 5.93. The number of nitrogens with zero attached hydrogens (tertiary/aromatic N) is 1. The van der Waals surface area contributed by atoms with Crippen molar-refractivity contribution < 1.29 is 18.5 Å². The van der Waals surface area contributed by atoms with Gasteiger partial charge in [-0.15, -0.1) is 0 Å². The first-order valence-electron chi connectivity index (χ1n) is 10.2. The van der Waals surface area contributed by atoms with E-state index in [0.717, 1.165) is 42.6 Å². The third-order valence-corrected chi connectivity index (χ3v) is 5.93. The number of amides is 1. The summed E-state index contributed by atoms with van der Waals surface area (Å²) >= 11 is 0. The van der Waals surface area contributed by atoms with Crippen LogP contribution in [0, 0.1) is 11.6 Å². The van der Waals surface area contributed by atoms with Crippen LogP contribution in [0.5, 0.6) is 0 Å². The number of hydrogen-bond donors (Lipinski definition) is 2. The van der Waals surface area contributed by atoms with Crippen LogP contribution >= 0.6 is 0 Å². The van der Waals surface area contributed by atoms with Gasteiger partial charge in [-0.25, -0.2) is 8.78 Å². The van der Waals surface area contributed by atoms with Gasteiger partial charge in [-0.1, -0.05) is 18.2 Å². The first kappa shape index (κ1) is 20.2. The van der Waals surface area contributed by atoms with Crippen LogP contribution in [0.2, 0.25) is 0 Å². The third kappa shape index (κ3) is 3.73. The number of quaternary nitrogens is 1. The summed E-state index contributed by atoms with van der Waals surface area (Å²) in [5.41, 5.74) is -0.284. The monoisotopic (exact) mass is 412 g/mol. The Bertz CT molecular complexity index is 1160. The first-order chi connectivity index (χ1) is 14.5. The summed E-state index contributed by atoms with van der Waals surface area (Å²) in [6.07, 6.45) is 3.54. The number of aromatic nitrogens is 1. The molecule has 0 spiro atoms. The fourth-order valence-electron chi connectivity index (χ4n) is 4.33. The van der Waals surface area contributed by atoms with Crippen molar-refractivity contribution in [3.05, 3.63) is 76.2 Å². The molecule has 1 fully saturated rings. The maximum atomic E-state index is 14.4. The van der Waals surface area contributed by atoms with Crippen LogP contribution in [0.3, 0.4) is 0 Å². The topological polar surface area (TPSA) is 55.5 Å². The first-order valence-corrected chi connectivity index (χ1v) is 10.2. The summed E-state index contributed by atoms with van der Waals surface area (Å²) in [6.45, 7) is 4.80. The smallest absolute Gasteiger partial charge is 0.263 e. The molecule has 2 atom stereocenters. The summed E-state index contributed by atoms with van der Waals surface area (Å²) in [5, 5.41) is 3.80. The van der Waals surface area contributed by atoms with Gasteiger partial charge in [0.15, 0.2) is 0 Å². The van der Waals surface area contributed by atoms with E-state index in [0.29, 0.717) is 23.4 Å². The highest BCUT2D eigenvalue weighted by atomic mass is 19.1. The zero-order valence-corrected chi connectivity index (χ0v) is 16.8. The second-order valence-corrected chi connectivity index (χ2v) is 7.67. The van der Waals surface area contributed by atoms with E-state index in [1.807, 2.05) is 0 Å². The summed E-state index contributed by atoms with van der Waals surface area (Å²) in [6, 6.07) is 10.1. The van der Waals surface area contributed by atoms with E-state index in [1.165, 1.54) is 17.2 Å². The average molecular weight is 412 g/mol. The Hall–Kier alpha value is -3.06. The summed E-state index contributed by atoms with van der Waals surface area (Å²) in [4.78, 5) is 27.5. The highest BCUT2D eigenvalue weighted by Gasteiger charge is 2.27. The number of likely N-dealkylation sites (N-methyl/N-ethyl adjacent to an activating group) is 1. The highest BCUT2D eigenvalue weighted by Crippen LogP contribution is 2.20. The Kier molecular flexibility index (Phi) is 5.63. The SMILES string of the molecule is CC[NH+]1CCCC1CNC(=O)c1cn(-c2ccc(F)cc2F)c(=O)c2ccccc12. The maximum Gasteiger partial charge on any atom is 0.263 e. The van der Waals surface area contributed by atoms with Crippen molar-refractivity contribution in [3.8, 4) is 5.69 Å². The van der Waals surface area contributed by atoms with Crippen molar-refractivity contribution in [2.75, 3.05) is 19.6 Å². The molecule has 1 amide bonds. The number of carbonyl (C=O) groups excluding carboxylic acids is 1. The summed E-state index contributed by atoms with van der Waals surface area (Å²) < 4.78 is 28.8. The van der Waals surface area contributed by atoms with Crippen LogP contribution < -0.4 is 15.8 Å². The van der Waals surface area contributed by atoms with Crippen molar-refractivity contribution in [1.29, 1.82) is 0 Å². The quantitative estimate of drug-likeness (QED) is 0.674. The largest absolute Gasteiger partial charge is 0.346 e. The Balaban J connectivity index is 1.74. The summed E-state index contributed by atoms with van der Waals surface area (Å²) in [5.74, 6) is -1.92. The number of nitrogens with one attached hydrogen (secondary N) is 2. The van der Waals surface area contributed by atoms with E-state index >= 15 is 0 Å². The molecule has 4 rings (SSSR count). The predicted octanol–water partition coefficient (Wildman–Crippen LogP) is 2.07. The molecule has 0 radical (unpaired) electrons. The van der Waals surface area contributed by atoms with E-state index in [9.17, 15) is 18.4 Å². The van der Waals surface area contributed by atoms with E-state index < -0.39 is 17.2 Å². The minimum Gasteiger partial charge on any atom is -0.346 e. The van der Waals surface area contributed by atoms with Crippen molar-refractivity contribution in [3.63, 3.8) is 0 Å². The molecule has 1 aliphatic heterocycles. The Morgan fingerprint density at radius 1 is 1.20 bits per heavy atom. The second-order valence-electron chi connectivity index (χ2n) is 7.67. The number of rotatable bonds is 5. The van der Waals surface area contributed by atoms with Crippen molar-refractivity contribution in [2.24, 2.45) is 0 Å². The Morgan fingerprint density at radius 3 is 2.70 bits per heavy atom. The Labute approximate surface area is 172 Å². The maximum absolute atomic E-state index is 14.4. The minimum absolute atomic E-state index is 0.0985. The van der Waals surface area contributed by atoms with Crippen LogP contribution in [0.25, 0.3) is 16.5 Å². The lowest BCUT2D eigenvalue weighted by Gasteiger charge is -2.20. The molecular weight excluding hydrogens is 388 g/mol. The van der Waals surface area contributed by atoms with E-state index in [4.69, 9.17) is 0 Å². The van der Waals surface area contributed by atoms with E-state index in [-0.39, 0.29) is 17.2 Å². The van der Waals surface area contributed by atoms with Crippen LogP contribution in [0.4, 0.5) is 8.78 Å². The van der Waals surface area contributed by atoms with Gasteiger partial charge >= 0.3 is 0 Å². The number of likely N-dealkylation sites (tertiary alicyclic amines) is 1. The van der Waals surface area contributed by atoms with Crippen LogP contribution in [-0.2, 0) is 0 Å². The molecule has 1 aliphatic rings. The van der Waals surface area contributed by atoms with Gasteiger partial charge < -0.3 is 10.2 Å². The van der Waals surface area contributed by atoms with Crippen molar-refractivity contribution in [1.82, 2.24) is 9.88 Å². The number of benzene rings is 2. The highest BCUT2D eigenvalue weighted by molar-refractivity contribution is 6.06.